The number of hydrogen-bond acceptors (Lipinski definition) is 4. The third kappa shape index (κ3) is 2.59. The Morgan fingerprint density at radius 3 is 3.09 bits per heavy atom. The van der Waals surface area contributed by atoms with Gasteiger partial charge >= 0.3 is 0 Å². The van der Waals surface area contributed by atoms with Gasteiger partial charge in [-0.3, -0.25) is 4.79 Å². The average molecular weight is 298 g/mol. The minimum Gasteiger partial charge on any atom is -0.473 e. The molecule has 1 aliphatic heterocycles. The van der Waals surface area contributed by atoms with E-state index < -0.39 is 0 Å². The summed E-state index contributed by atoms with van der Waals surface area (Å²) in [6.45, 7) is 10.2. The summed E-state index contributed by atoms with van der Waals surface area (Å²) in [6.07, 6.45) is 3.59. The molecule has 2 atom stereocenters. The van der Waals surface area contributed by atoms with Crippen molar-refractivity contribution in [2.45, 2.75) is 19.4 Å². The van der Waals surface area contributed by atoms with E-state index in [2.05, 4.69) is 33.4 Å². The molecule has 1 amide bonds. The fraction of sp³-hybridized carbons (Fsp3) is 0.312. The smallest absolute Gasteiger partial charge is 0.243 e. The lowest BCUT2D eigenvalue weighted by atomic mass is 10.0. The van der Waals surface area contributed by atoms with Gasteiger partial charge in [0, 0.05) is 18.9 Å². The van der Waals surface area contributed by atoms with E-state index in [4.69, 9.17) is 4.74 Å². The second-order valence-corrected chi connectivity index (χ2v) is 5.43. The van der Waals surface area contributed by atoms with Gasteiger partial charge in [0.2, 0.25) is 11.8 Å². The quantitative estimate of drug-likeness (QED) is 0.828. The van der Waals surface area contributed by atoms with Crippen molar-refractivity contribution in [1.29, 1.82) is 0 Å². The summed E-state index contributed by atoms with van der Waals surface area (Å²) in [4.78, 5) is 23.1. The van der Waals surface area contributed by atoms with Crippen LogP contribution in [-0.4, -0.2) is 33.5 Å². The maximum absolute atomic E-state index is 11.3. The summed E-state index contributed by atoms with van der Waals surface area (Å²) in [5.74, 6) is 0.644. The number of aromatic nitrogens is 3. The molecule has 0 spiro atoms. The first-order chi connectivity index (χ1) is 10.6. The number of ether oxygens (including phenoxy) is 1. The monoisotopic (exact) mass is 298 g/mol. The molecule has 22 heavy (non-hydrogen) atoms. The summed E-state index contributed by atoms with van der Waals surface area (Å²) >= 11 is 0. The number of hydrogen-bond donors (Lipinski definition) is 2. The lowest BCUT2D eigenvalue weighted by molar-refractivity contribution is -0.119. The Morgan fingerprint density at radius 1 is 1.59 bits per heavy atom. The zero-order valence-corrected chi connectivity index (χ0v) is 12.4. The first-order valence-electron chi connectivity index (χ1n) is 7.17. The highest BCUT2D eigenvalue weighted by molar-refractivity contribution is 5.84. The van der Waals surface area contributed by atoms with Crippen LogP contribution >= 0.6 is 0 Å². The van der Waals surface area contributed by atoms with E-state index in [1.807, 2.05) is 13.0 Å². The molecule has 0 aliphatic carbocycles. The second kappa shape index (κ2) is 5.63. The molecule has 1 aliphatic rings. The number of rotatable bonds is 5. The molecule has 114 valence electrons. The molecular formula is C16H18N4O2. The molecule has 2 aromatic heterocycles. The molecule has 1 fully saturated rings. The van der Waals surface area contributed by atoms with Crippen LogP contribution in [-0.2, 0) is 4.79 Å². The molecule has 2 aromatic rings. The van der Waals surface area contributed by atoms with Gasteiger partial charge in [0.05, 0.1) is 17.5 Å². The highest BCUT2D eigenvalue weighted by Crippen LogP contribution is 2.27. The third-order valence-corrected chi connectivity index (χ3v) is 3.92. The number of fused-ring (bicyclic) bond motifs is 1. The molecule has 2 unspecified atom stereocenters. The Bertz CT molecular complexity index is 750. The Balaban J connectivity index is 1.91. The van der Waals surface area contributed by atoms with Gasteiger partial charge in [0.15, 0.2) is 5.52 Å². The molecule has 1 saturated heterocycles. The zero-order valence-electron chi connectivity index (χ0n) is 12.4. The van der Waals surface area contributed by atoms with Crippen molar-refractivity contribution in [1.82, 2.24) is 20.3 Å². The number of amides is 1. The van der Waals surface area contributed by atoms with Crippen LogP contribution in [0.4, 0.5) is 0 Å². The van der Waals surface area contributed by atoms with E-state index in [0.29, 0.717) is 35.6 Å². The maximum atomic E-state index is 11.3. The molecule has 0 radical (unpaired) electrons. The van der Waals surface area contributed by atoms with Crippen molar-refractivity contribution in [2.24, 2.45) is 5.92 Å². The number of nitrogens with zero attached hydrogens (tertiary/aromatic N) is 2. The molecule has 0 aromatic carbocycles. The van der Waals surface area contributed by atoms with Crippen LogP contribution in [0.25, 0.3) is 16.6 Å². The van der Waals surface area contributed by atoms with Crippen molar-refractivity contribution >= 4 is 22.5 Å². The summed E-state index contributed by atoms with van der Waals surface area (Å²) in [6, 6.07) is 1.87. The first kappa shape index (κ1) is 14.3. The minimum atomic E-state index is -0.140. The van der Waals surface area contributed by atoms with Crippen LogP contribution in [0.5, 0.6) is 5.88 Å². The lowest BCUT2D eigenvalue weighted by Crippen LogP contribution is -2.26. The highest BCUT2D eigenvalue weighted by Gasteiger charge is 2.28. The number of pyridine rings is 1. The summed E-state index contributed by atoms with van der Waals surface area (Å²) < 4.78 is 5.99. The Labute approximate surface area is 128 Å². The van der Waals surface area contributed by atoms with Gasteiger partial charge in [-0.2, -0.15) is 0 Å². The van der Waals surface area contributed by atoms with Gasteiger partial charge < -0.3 is 15.0 Å². The normalized spacial score (nSPS) is 19.0. The molecule has 3 heterocycles. The molecule has 0 bridgehead atoms. The van der Waals surface area contributed by atoms with Crippen LogP contribution in [0, 0.1) is 5.92 Å². The third-order valence-electron chi connectivity index (χ3n) is 3.92. The van der Waals surface area contributed by atoms with Gasteiger partial charge in [-0.25, -0.2) is 9.97 Å². The van der Waals surface area contributed by atoms with Gasteiger partial charge in [0.1, 0.15) is 6.10 Å². The number of nitrogens with one attached hydrogen (secondary N) is 2. The van der Waals surface area contributed by atoms with Gasteiger partial charge in [0.25, 0.3) is 0 Å². The summed E-state index contributed by atoms with van der Waals surface area (Å²) in [7, 11) is 0. The number of carbonyl (C=O) groups is 1. The number of carbonyl (C=O) groups excluding carboxylic acids is 1. The summed E-state index contributed by atoms with van der Waals surface area (Å²) in [5.41, 5.74) is 2.90. The minimum absolute atomic E-state index is 0.0621. The lowest BCUT2D eigenvalue weighted by Gasteiger charge is -2.19. The summed E-state index contributed by atoms with van der Waals surface area (Å²) in [5, 5.41) is 2.82. The van der Waals surface area contributed by atoms with Crippen LogP contribution in [0.15, 0.2) is 31.6 Å². The van der Waals surface area contributed by atoms with E-state index in [-0.39, 0.29) is 17.9 Å². The predicted molar refractivity (Wildman–Crippen MR) is 84.3 cm³/mol. The maximum Gasteiger partial charge on any atom is 0.243 e. The molecule has 6 nitrogen and oxygen atoms in total. The van der Waals surface area contributed by atoms with Gasteiger partial charge in [-0.1, -0.05) is 19.2 Å². The SMILES string of the molecule is C=CC(=C)c1cc2[nH]cnc2c(OC(C)C2CNC(=O)C2)n1. The van der Waals surface area contributed by atoms with Crippen LogP contribution in [0.3, 0.4) is 0 Å². The van der Waals surface area contributed by atoms with E-state index >= 15 is 0 Å². The number of H-pyrrole nitrogens is 1. The molecule has 6 heteroatoms. The van der Waals surface area contributed by atoms with Crippen molar-refractivity contribution < 1.29 is 9.53 Å². The van der Waals surface area contributed by atoms with E-state index in [0.717, 1.165) is 5.52 Å². The molecular weight excluding hydrogens is 280 g/mol. The average Bonchev–Trinajstić information content (AvgIpc) is 3.14. The Kier molecular flexibility index (Phi) is 3.66. The van der Waals surface area contributed by atoms with E-state index in [9.17, 15) is 4.79 Å². The number of imidazole rings is 1. The van der Waals surface area contributed by atoms with Crippen molar-refractivity contribution in [2.75, 3.05) is 6.54 Å². The Morgan fingerprint density at radius 2 is 2.41 bits per heavy atom. The van der Waals surface area contributed by atoms with Crippen molar-refractivity contribution in [3.05, 3.63) is 37.3 Å². The topological polar surface area (TPSA) is 79.9 Å². The fourth-order valence-corrected chi connectivity index (χ4v) is 2.50. The van der Waals surface area contributed by atoms with Crippen LogP contribution in [0.2, 0.25) is 0 Å². The van der Waals surface area contributed by atoms with Gasteiger partial charge in [-0.05, 0) is 18.6 Å². The fourth-order valence-electron chi connectivity index (χ4n) is 2.50. The van der Waals surface area contributed by atoms with Crippen molar-refractivity contribution in [3.63, 3.8) is 0 Å². The van der Waals surface area contributed by atoms with Crippen LogP contribution < -0.4 is 10.1 Å². The largest absolute Gasteiger partial charge is 0.473 e. The molecule has 2 N–H and O–H groups in total. The van der Waals surface area contributed by atoms with E-state index in [1.54, 1.807) is 12.4 Å². The standard InChI is InChI=1S/C16H18N4O2/c1-4-9(2)12-6-13-15(19-8-18-13)16(20-12)22-10(3)11-5-14(21)17-7-11/h4,6,8,10-11H,1-2,5,7H2,3H3,(H,17,21)(H,18,19). The van der Waals surface area contributed by atoms with Gasteiger partial charge in [-0.15, -0.1) is 0 Å². The zero-order chi connectivity index (χ0) is 15.7. The van der Waals surface area contributed by atoms with Crippen LogP contribution in [0.1, 0.15) is 19.0 Å². The predicted octanol–water partition coefficient (Wildman–Crippen LogP) is 2.06. The highest BCUT2D eigenvalue weighted by atomic mass is 16.5. The van der Waals surface area contributed by atoms with E-state index in [1.165, 1.54) is 0 Å². The molecule has 3 rings (SSSR count). The first-order valence-corrected chi connectivity index (χ1v) is 7.17. The Hall–Kier alpha value is -2.63. The molecule has 0 saturated carbocycles. The second-order valence-electron chi connectivity index (χ2n) is 5.43. The van der Waals surface area contributed by atoms with Crippen molar-refractivity contribution in [3.8, 4) is 5.88 Å². The number of allylic oxidation sites excluding steroid dienone is 2. The number of aromatic amines is 1.